The Morgan fingerprint density at radius 1 is 0.519 bits per heavy atom. The van der Waals surface area contributed by atoms with E-state index < -0.39 is 21.5 Å². The maximum atomic E-state index is 9.08. The van der Waals surface area contributed by atoms with Gasteiger partial charge in [0.15, 0.2) is 0 Å². The monoisotopic (exact) mass is 821 g/mol. The summed E-state index contributed by atoms with van der Waals surface area (Å²) in [6.45, 7) is 14.0. The third-order valence-electron chi connectivity index (χ3n) is 13.6. The van der Waals surface area contributed by atoms with Crippen LogP contribution in [0.4, 0.5) is 0 Å². The van der Waals surface area contributed by atoms with Gasteiger partial charge in [-0.2, -0.15) is 0 Å². The molecule has 52 heavy (non-hydrogen) atoms. The summed E-state index contributed by atoms with van der Waals surface area (Å²) < 4.78 is 0.293. The van der Waals surface area contributed by atoms with Gasteiger partial charge in [0.25, 0.3) is 0 Å². The Bertz CT molecular complexity index is 1910. The van der Waals surface area contributed by atoms with Crippen LogP contribution in [-0.2, 0) is 15.6 Å². The van der Waals surface area contributed by atoms with Crippen molar-refractivity contribution in [2.45, 2.75) is 112 Å². The van der Waals surface area contributed by atoms with Gasteiger partial charge < -0.3 is 0 Å². The zero-order chi connectivity index (χ0) is 36.4. The molecule has 2 fully saturated rings. The molecule has 0 amide bonds. The van der Waals surface area contributed by atoms with Crippen molar-refractivity contribution >= 4 is 35.1 Å². The van der Waals surface area contributed by atoms with E-state index in [1.165, 1.54) is 131 Å². The van der Waals surface area contributed by atoms with Gasteiger partial charge in [-0.15, -0.1) is 0 Å². The normalized spacial score (nSPS) is 21.8. The molecule has 2 atom stereocenters. The maximum absolute atomic E-state index is 9.08. The van der Waals surface area contributed by atoms with Crippen LogP contribution in [-0.4, -0.2) is 5.92 Å². The molecule has 4 aromatic rings. The van der Waals surface area contributed by atoms with E-state index in [1.54, 1.807) is 11.1 Å². The van der Waals surface area contributed by atoms with Crippen molar-refractivity contribution in [3.05, 3.63) is 128 Å². The SMILES string of the molecule is Cc1cc(C)cc(-c2cccc3c2C=C(C2CCCCC2)[CH]3[Zr]([Cl])([Cl])([CH]2C(C3CCCCC3)=Cc3c(-c4cc(C)cc(C)c4)cccc32)[SiH](C)C)c1. The molecule has 0 aromatic heterocycles. The zero-order valence-electron chi connectivity index (χ0n) is 32.3. The van der Waals surface area contributed by atoms with Crippen molar-refractivity contribution in [3.63, 3.8) is 0 Å². The second-order valence-corrected chi connectivity index (χ2v) is 60.1. The van der Waals surface area contributed by atoms with E-state index in [2.05, 4.69) is 126 Å². The number of allylic oxidation sites excluding steroid dienone is 2. The molecular weight excluding hydrogens is 767 g/mol. The molecule has 0 heterocycles. The van der Waals surface area contributed by atoms with Crippen molar-refractivity contribution in [3.8, 4) is 22.3 Å². The molecule has 0 nitrogen and oxygen atoms in total. The molecule has 4 aromatic carbocycles. The van der Waals surface area contributed by atoms with E-state index in [0.717, 1.165) is 0 Å². The second kappa shape index (κ2) is 14.3. The molecule has 8 rings (SSSR count). The van der Waals surface area contributed by atoms with Crippen molar-refractivity contribution in [1.82, 2.24) is 0 Å². The number of fused-ring (bicyclic) bond motifs is 2. The fourth-order valence-electron chi connectivity index (χ4n) is 11.3. The first-order chi connectivity index (χ1) is 24.9. The number of hydrogen-bond acceptors (Lipinski definition) is 0. The van der Waals surface area contributed by atoms with Crippen LogP contribution in [0, 0.1) is 39.5 Å². The first-order valence-electron chi connectivity index (χ1n) is 20.4. The topological polar surface area (TPSA) is 0 Å². The molecule has 4 aliphatic rings. The molecule has 0 aliphatic heterocycles. The predicted octanol–water partition coefficient (Wildman–Crippen LogP) is 15.0. The fourth-order valence-corrected chi connectivity index (χ4v) is 42.3. The first kappa shape index (κ1) is 37.0. The fraction of sp³-hybridized carbons (Fsp3) is 0.417. The first-order valence-corrected chi connectivity index (χ1v) is 36.7. The molecule has 0 spiro atoms. The Hall–Kier alpha value is -1.96. The molecule has 4 aliphatic carbocycles. The van der Waals surface area contributed by atoms with E-state index in [9.17, 15) is 0 Å². The van der Waals surface area contributed by atoms with Crippen LogP contribution in [0.1, 0.15) is 116 Å². The van der Waals surface area contributed by atoms with Gasteiger partial charge in [0.05, 0.1) is 0 Å². The minimum atomic E-state index is -4.97. The van der Waals surface area contributed by atoms with Gasteiger partial charge in [0.1, 0.15) is 0 Å². The van der Waals surface area contributed by atoms with Crippen molar-refractivity contribution in [2.75, 3.05) is 0 Å². The van der Waals surface area contributed by atoms with Crippen LogP contribution in [0.15, 0.2) is 83.9 Å². The van der Waals surface area contributed by atoms with E-state index in [4.69, 9.17) is 17.0 Å². The van der Waals surface area contributed by atoms with Crippen LogP contribution >= 0.6 is 17.0 Å². The van der Waals surface area contributed by atoms with Gasteiger partial charge in [0.2, 0.25) is 0 Å². The van der Waals surface area contributed by atoms with Crippen LogP contribution in [0.3, 0.4) is 0 Å². The summed E-state index contributed by atoms with van der Waals surface area (Å²) in [5.41, 5.74) is 19.5. The molecule has 271 valence electrons. The Balaban J connectivity index is 1.38. The summed E-state index contributed by atoms with van der Waals surface area (Å²) in [5.74, 6) is -0.564. The molecule has 0 bridgehead atoms. The molecule has 2 unspecified atom stereocenters. The van der Waals surface area contributed by atoms with Crippen molar-refractivity contribution in [2.24, 2.45) is 11.8 Å². The molecule has 0 saturated heterocycles. The van der Waals surface area contributed by atoms with Crippen molar-refractivity contribution < 1.29 is 15.6 Å². The van der Waals surface area contributed by atoms with E-state index in [1.807, 2.05) is 0 Å². The van der Waals surface area contributed by atoms with Gasteiger partial charge in [-0.25, -0.2) is 0 Å². The third kappa shape index (κ3) is 6.29. The van der Waals surface area contributed by atoms with Crippen LogP contribution in [0.5, 0.6) is 0 Å². The number of rotatable bonds is 7. The Labute approximate surface area is 322 Å². The Morgan fingerprint density at radius 2 is 0.885 bits per heavy atom. The number of benzene rings is 4. The van der Waals surface area contributed by atoms with Crippen LogP contribution in [0.25, 0.3) is 34.4 Å². The van der Waals surface area contributed by atoms with Gasteiger partial charge in [-0.3, -0.25) is 0 Å². The van der Waals surface area contributed by atoms with Gasteiger partial charge in [0, 0.05) is 0 Å². The quantitative estimate of drug-likeness (QED) is 0.163. The van der Waals surface area contributed by atoms with E-state index in [-0.39, 0.29) is 7.25 Å². The molecular formula is C48H57Cl2SiZr. The number of aryl methyl sites for hydroxylation is 4. The summed E-state index contributed by atoms with van der Waals surface area (Å²) in [4.78, 5) is 0. The summed E-state index contributed by atoms with van der Waals surface area (Å²) in [6, 6.07) is 28.3. The van der Waals surface area contributed by atoms with Crippen molar-refractivity contribution in [1.29, 1.82) is 0 Å². The summed E-state index contributed by atoms with van der Waals surface area (Å²) in [5, 5.41) is 0. The van der Waals surface area contributed by atoms with E-state index >= 15 is 0 Å². The van der Waals surface area contributed by atoms with Crippen LogP contribution in [0.2, 0.25) is 13.1 Å². The summed E-state index contributed by atoms with van der Waals surface area (Å²) in [6.07, 6.45) is 18.3. The van der Waals surface area contributed by atoms with Gasteiger partial charge >= 0.3 is 325 Å². The number of halogens is 2. The summed E-state index contributed by atoms with van der Waals surface area (Å²) >= 11 is -4.97. The zero-order valence-corrected chi connectivity index (χ0v) is 37.4. The second-order valence-electron chi connectivity index (χ2n) is 17.6. The standard InChI is InChI=1S/2C23H25.C2H7Si.2ClH.Zr/c2*1-16-11-17(2)13-21(12-16)22-10-6-9-19-14-20(15-23(19)22)18-7-4-3-5-8-18;1-3-2;;;/h2*6,9-15,18H,3-5,7-8H2,1-2H3;3H,1-2H3;2*1H;/q;;;;;+2/p-2. The molecule has 0 radical (unpaired) electrons. The minimum absolute atomic E-state index is 0.146. The molecule has 0 N–H and O–H groups in total. The molecule has 4 heteroatoms. The summed E-state index contributed by atoms with van der Waals surface area (Å²) in [7, 11) is 18.2. The number of hydrogen-bond donors (Lipinski definition) is 0. The average molecular weight is 824 g/mol. The van der Waals surface area contributed by atoms with Crippen LogP contribution < -0.4 is 0 Å². The Morgan fingerprint density at radius 3 is 1.23 bits per heavy atom. The molecule has 2 saturated carbocycles. The average Bonchev–Trinajstić information content (AvgIpc) is 3.73. The van der Waals surface area contributed by atoms with Gasteiger partial charge in [-0.05, 0) is 0 Å². The predicted molar refractivity (Wildman–Crippen MR) is 228 cm³/mol. The van der Waals surface area contributed by atoms with E-state index in [0.29, 0.717) is 11.8 Å². The van der Waals surface area contributed by atoms with Gasteiger partial charge in [-0.1, -0.05) is 0 Å². The Kier molecular flexibility index (Phi) is 10.2. The third-order valence-corrected chi connectivity index (χ3v) is 65.3.